The Morgan fingerprint density at radius 1 is 1.83 bits per heavy atom. The molecule has 0 fully saturated rings. The molecule has 0 radical (unpaired) electrons. The van der Waals surface area contributed by atoms with Gasteiger partial charge in [-0.3, -0.25) is 4.79 Å². The Morgan fingerprint density at radius 3 is 2.92 bits per heavy atom. The lowest BCUT2D eigenvalue weighted by Crippen LogP contribution is -2.32. The molecule has 12 heavy (non-hydrogen) atoms. The first kappa shape index (κ1) is 9.22. The summed E-state index contributed by atoms with van der Waals surface area (Å²) in [6, 6.07) is 1.14. The first-order valence-corrected chi connectivity index (χ1v) is 4.50. The minimum absolute atomic E-state index is 0.421. The zero-order chi connectivity index (χ0) is 9.14. The number of hydrogen-bond donors (Lipinski definition) is 2. The van der Waals surface area contributed by atoms with E-state index < -0.39 is 12.0 Å². The number of aliphatic carboxylic acids is 1. The highest BCUT2D eigenvalue weighted by atomic mass is 32.1. The maximum atomic E-state index is 10.4. The van der Waals surface area contributed by atoms with Crippen molar-refractivity contribution >= 4 is 17.3 Å². The SMILES string of the molecule is Cc1sccc1C[C@H](N)C(=O)O. The smallest absolute Gasteiger partial charge is 0.320 e. The van der Waals surface area contributed by atoms with Gasteiger partial charge in [0.15, 0.2) is 0 Å². The van der Waals surface area contributed by atoms with E-state index in [9.17, 15) is 4.79 Å². The van der Waals surface area contributed by atoms with Crippen molar-refractivity contribution in [2.24, 2.45) is 5.73 Å². The van der Waals surface area contributed by atoms with Crippen LogP contribution in [0.3, 0.4) is 0 Å². The number of rotatable bonds is 3. The summed E-state index contributed by atoms with van der Waals surface area (Å²) >= 11 is 1.61. The average Bonchev–Trinajstić information content (AvgIpc) is 2.36. The summed E-state index contributed by atoms with van der Waals surface area (Å²) < 4.78 is 0. The van der Waals surface area contributed by atoms with Crippen LogP contribution in [0.25, 0.3) is 0 Å². The zero-order valence-corrected chi connectivity index (χ0v) is 7.60. The first-order valence-electron chi connectivity index (χ1n) is 3.62. The van der Waals surface area contributed by atoms with Gasteiger partial charge in [-0.2, -0.15) is 0 Å². The van der Waals surface area contributed by atoms with Gasteiger partial charge in [0.25, 0.3) is 0 Å². The lowest BCUT2D eigenvalue weighted by atomic mass is 10.1. The van der Waals surface area contributed by atoms with Crippen LogP contribution in [0.4, 0.5) is 0 Å². The maximum absolute atomic E-state index is 10.4. The summed E-state index contributed by atoms with van der Waals surface area (Å²) in [5.74, 6) is -0.944. The Hall–Kier alpha value is -0.870. The van der Waals surface area contributed by atoms with E-state index in [0.717, 1.165) is 10.4 Å². The molecular weight excluding hydrogens is 174 g/mol. The van der Waals surface area contributed by atoms with Crippen LogP contribution in [-0.4, -0.2) is 17.1 Å². The fraction of sp³-hybridized carbons (Fsp3) is 0.375. The van der Waals surface area contributed by atoms with Gasteiger partial charge in [0.1, 0.15) is 6.04 Å². The molecule has 1 atom stereocenters. The van der Waals surface area contributed by atoms with Gasteiger partial charge in [0, 0.05) is 4.88 Å². The van der Waals surface area contributed by atoms with Crippen LogP contribution in [0.5, 0.6) is 0 Å². The molecule has 3 N–H and O–H groups in total. The Balaban J connectivity index is 2.64. The van der Waals surface area contributed by atoms with E-state index in [1.54, 1.807) is 11.3 Å². The monoisotopic (exact) mass is 185 g/mol. The van der Waals surface area contributed by atoms with Crippen LogP contribution in [0, 0.1) is 6.92 Å². The molecule has 0 aliphatic heterocycles. The fourth-order valence-electron chi connectivity index (χ4n) is 0.947. The summed E-state index contributed by atoms with van der Waals surface area (Å²) in [7, 11) is 0. The standard InChI is InChI=1S/C8H11NO2S/c1-5-6(2-3-12-5)4-7(9)8(10)11/h2-3,7H,4,9H2,1H3,(H,10,11)/t7-/m0/s1. The third kappa shape index (κ3) is 2.06. The van der Waals surface area contributed by atoms with E-state index >= 15 is 0 Å². The molecule has 4 heteroatoms. The number of hydrogen-bond acceptors (Lipinski definition) is 3. The Bertz CT molecular complexity index is 282. The second-order valence-corrected chi connectivity index (χ2v) is 3.77. The predicted molar refractivity (Wildman–Crippen MR) is 48.4 cm³/mol. The Morgan fingerprint density at radius 2 is 2.50 bits per heavy atom. The Kier molecular flexibility index (Phi) is 2.83. The van der Waals surface area contributed by atoms with Crippen molar-refractivity contribution in [1.29, 1.82) is 0 Å². The third-order valence-electron chi connectivity index (χ3n) is 1.72. The minimum atomic E-state index is -0.944. The van der Waals surface area contributed by atoms with E-state index in [-0.39, 0.29) is 0 Å². The summed E-state index contributed by atoms with van der Waals surface area (Å²) in [5, 5.41) is 10.5. The minimum Gasteiger partial charge on any atom is -0.480 e. The molecule has 3 nitrogen and oxygen atoms in total. The molecule has 1 aromatic heterocycles. The summed E-state index contributed by atoms with van der Waals surface area (Å²) in [6.45, 7) is 1.97. The predicted octanol–water partition coefficient (Wildman–Crippen LogP) is 1.01. The van der Waals surface area contributed by atoms with Gasteiger partial charge in [0.05, 0.1) is 0 Å². The lowest BCUT2D eigenvalue weighted by molar-refractivity contribution is -0.138. The van der Waals surface area contributed by atoms with Gasteiger partial charge >= 0.3 is 5.97 Å². The van der Waals surface area contributed by atoms with E-state index in [1.165, 1.54) is 0 Å². The lowest BCUT2D eigenvalue weighted by Gasteiger charge is -2.04. The van der Waals surface area contributed by atoms with E-state index in [2.05, 4.69) is 0 Å². The summed E-state index contributed by atoms with van der Waals surface area (Å²) in [4.78, 5) is 11.6. The molecule has 0 amide bonds. The first-order chi connectivity index (χ1) is 5.61. The van der Waals surface area contributed by atoms with E-state index in [0.29, 0.717) is 6.42 Å². The van der Waals surface area contributed by atoms with Crippen molar-refractivity contribution in [2.45, 2.75) is 19.4 Å². The van der Waals surface area contributed by atoms with Crippen molar-refractivity contribution in [1.82, 2.24) is 0 Å². The van der Waals surface area contributed by atoms with Crippen molar-refractivity contribution < 1.29 is 9.90 Å². The van der Waals surface area contributed by atoms with Gasteiger partial charge in [-0.25, -0.2) is 0 Å². The van der Waals surface area contributed by atoms with Crippen LogP contribution in [0.2, 0.25) is 0 Å². The van der Waals surface area contributed by atoms with Crippen molar-refractivity contribution in [2.75, 3.05) is 0 Å². The van der Waals surface area contributed by atoms with E-state index in [1.807, 2.05) is 18.4 Å². The van der Waals surface area contributed by atoms with Crippen LogP contribution in [-0.2, 0) is 11.2 Å². The Labute approximate surface area is 74.8 Å². The molecule has 0 aromatic carbocycles. The molecule has 1 aromatic rings. The molecule has 0 saturated carbocycles. The zero-order valence-electron chi connectivity index (χ0n) is 6.78. The quantitative estimate of drug-likeness (QED) is 0.738. The highest BCUT2D eigenvalue weighted by Gasteiger charge is 2.13. The number of carboxylic acids is 1. The van der Waals surface area contributed by atoms with E-state index in [4.69, 9.17) is 10.8 Å². The van der Waals surface area contributed by atoms with Gasteiger partial charge < -0.3 is 10.8 Å². The summed E-state index contributed by atoms with van der Waals surface area (Å²) in [6.07, 6.45) is 0.421. The molecule has 0 aliphatic carbocycles. The number of thiophene rings is 1. The highest BCUT2D eigenvalue weighted by molar-refractivity contribution is 7.10. The average molecular weight is 185 g/mol. The maximum Gasteiger partial charge on any atom is 0.320 e. The molecule has 0 unspecified atom stereocenters. The van der Waals surface area contributed by atoms with Crippen LogP contribution < -0.4 is 5.73 Å². The topological polar surface area (TPSA) is 63.3 Å². The van der Waals surface area contributed by atoms with Gasteiger partial charge in [-0.05, 0) is 30.4 Å². The van der Waals surface area contributed by atoms with Gasteiger partial charge in [-0.15, -0.1) is 11.3 Å². The number of aryl methyl sites for hydroxylation is 1. The molecule has 0 spiro atoms. The molecule has 0 saturated heterocycles. The second kappa shape index (κ2) is 3.69. The number of carboxylic acid groups (broad SMARTS) is 1. The molecule has 0 aliphatic rings. The van der Waals surface area contributed by atoms with Crippen LogP contribution in [0.1, 0.15) is 10.4 Å². The van der Waals surface area contributed by atoms with Crippen molar-refractivity contribution in [3.05, 3.63) is 21.9 Å². The number of nitrogens with two attached hydrogens (primary N) is 1. The van der Waals surface area contributed by atoms with Crippen molar-refractivity contribution in [3.8, 4) is 0 Å². The molecular formula is C8H11NO2S. The van der Waals surface area contributed by atoms with Gasteiger partial charge in [-0.1, -0.05) is 0 Å². The van der Waals surface area contributed by atoms with Crippen LogP contribution in [0.15, 0.2) is 11.4 Å². The fourth-order valence-corrected chi connectivity index (χ4v) is 1.69. The molecule has 66 valence electrons. The van der Waals surface area contributed by atoms with Crippen LogP contribution >= 0.6 is 11.3 Å². The highest BCUT2D eigenvalue weighted by Crippen LogP contribution is 2.16. The molecule has 1 rings (SSSR count). The van der Waals surface area contributed by atoms with Crippen molar-refractivity contribution in [3.63, 3.8) is 0 Å². The van der Waals surface area contributed by atoms with Gasteiger partial charge in [0.2, 0.25) is 0 Å². The molecule has 1 heterocycles. The third-order valence-corrected chi connectivity index (χ3v) is 2.61. The second-order valence-electron chi connectivity index (χ2n) is 2.65. The normalized spacial score (nSPS) is 12.8. The molecule has 0 bridgehead atoms. The summed E-state index contributed by atoms with van der Waals surface area (Å²) in [5.41, 5.74) is 6.42. The number of carbonyl (C=O) groups is 1. The largest absolute Gasteiger partial charge is 0.480 e.